The van der Waals surface area contributed by atoms with Crippen LogP contribution in [0.4, 0.5) is 0 Å². The van der Waals surface area contributed by atoms with Crippen molar-refractivity contribution in [2.75, 3.05) is 20.8 Å². The van der Waals surface area contributed by atoms with E-state index in [1.807, 2.05) is 0 Å². The van der Waals surface area contributed by atoms with Gasteiger partial charge in [0.1, 0.15) is 18.3 Å². The van der Waals surface area contributed by atoms with Gasteiger partial charge in [0, 0.05) is 18.9 Å². The number of carbonyl (C=O) groups excluding carboxylic acids is 1. The Morgan fingerprint density at radius 2 is 2.13 bits per heavy atom. The quantitative estimate of drug-likeness (QED) is 0.504. The van der Waals surface area contributed by atoms with E-state index in [1.54, 1.807) is 0 Å². The second-order valence-corrected chi connectivity index (χ2v) is 5.01. The molecule has 2 heterocycles. The molecule has 1 saturated heterocycles. The summed E-state index contributed by atoms with van der Waals surface area (Å²) in [5.74, 6) is -0.649. The second kappa shape index (κ2) is 7.04. The normalized spacial score (nSPS) is 27.1. The number of aliphatic hydroxyl groups excluding tert-OH is 2. The molecule has 0 saturated carbocycles. The molecule has 1 fully saturated rings. The first-order chi connectivity index (χ1) is 10.9. The molecule has 0 aromatic carbocycles. The predicted octanol–water partition coefficient (Wildman–Crippen LogP) is -2.48. The number of carbonyl (C=O) groups is 1. The fourth-order valence-corrected chi connectivity index (χ4v) is 2.42. The van der Waals surface area contributed by atoms with E-state index in [0.717, 1.165) is 10.8 Å². The topological polar surface area (TPSA) is 140 Å². The van der Waals surface area contributed by atoms with Crippen LogP contribution in [0.3, 0.4) is 0 Å². The molecule has 0 aliphatic carbocycles. The third kappa shape index (κ3) is 3.34. The number of ether oxygens (including phenoxy) is 3. The average molecular weight is 330 g/mol. The standard InChI is InChI=1S/C13H18N2O8/c1-21-8(17)3-6-4-15(13(20)14-11(6)19)12-10(22-2)9(18)7(5-16)23-12/h4,7,9-10,12,16,18H,3,5H2,1-2H3,(H,14,19,20)/t7-,9+,10-,12-/m1/s1. The maximum Gasteiger partial charge on any atom is 0.330 e. The van der Waals surface area contributed by atoms with E-state index in [-0.39, 0.29) is 12.0 Å². The van der Waals surface area contributed by atoms with Gasteiger partial charge in [-0.25, -0.2) is 4.79 Å². The molecule has 23 heavy (non-hydrogen) atoms. The minimum absolute atomic E-state index is 0.00292. The molecule has 1 aromatic heterocycles. The van der Waals surface area contributed by atoms with Gasteiger partial charge in [-0.05, 0) is 0 Å². The number of nitrogens with one attached hydrogen (secondary N) is 1. The Kier molecular flexibility index (Phi) is 5.31. The highest BCUT2D eigenvalue weighted by atomic mass is 16.6. The minimum Gasteiger partial charge on any atom is -0.469 e. The van der Waals surface area contributed by atoms with Gasteiger partial charge >= 0.3 is 11.7 Å². The Hall–Kier alpha value is -2.01. The predicted molar refractivity (Wildman–Crippen MR) is 74.8 cm³/mol. The summed E-state index contributed by atoms with van der Waals surface area (Å²) in [5, 5.41) is 19.2. The first kappa shape index (κ1) is 17.3. The molecule has 1 aliphatic heterocycles. The Bertz CT molecular complexity index is 681. The van der Waals surface area contributed by atoms with Crippen LogP contribution in [-0.2, 0) is 25.4 Å². The number of esters is 1. The monoisotopic (exact) mass is 330 g/mol. The van der Waals surface area contributed by atoms with Crippen molar-refractivity contribution in [1.29, 1.82) is 0 Å². The number of hydrogen-bond acceptors (Lipinski definition) is 8. The van der Waals surface area contributed by atoms with Crippen LogP contribution in [0, 0.1) is 0 Å². The number of nitrogens with zero attached hydrogens (tertiary/aromatic N) is 1. The molecule has 128 valence electrons. The highest BCUT2D eigenvalue weighted by Crippen LogP contribution is 2.30. The summed E-state index contributed by atoms with van der Waals surface area (Å²) in [6.07, 6.45) is -3.26. The Balaban J connectivity index is 2.42. The van der Waals surface area contributed by atoms with E-state index < -0.39 is 48.4 Å². The number of aromatic amines is 1. The molecule has 3 N–H and O–H groups in total. The first-order valence-electron chi connectivity index (χ1n) is 6.81. The fourth-order valence-electron chi connectivity index (χ4n) is 2.42. The summed E-state index contributed by atoms with van der Waals surface area (Å²) in [6, 6.07) is 0. The maximum atomic E-state index is 12.0. The van der Waals surface area contributed by atoms with Crippen LogP contribution in [0.15, 0.2) is 15.8 Å². The minimum atomic E-state index is -1.15. The lowest BCUT2D eigenvalue weighted by atomic mass is 10.1. The van der Waals surface area contributed by atoms with Gasteiger partial charge in [-0.3, -0.25) is 19.1 Å². The lowest BCUT2D eigenvalue weighted by molar-refractivity contribution is -0.139. The highest BCUT2D eigenvalue weighted by molar-refractivity contribution is 5.72. The zero-order valence-electron chi connectivity index (χ0n) is 12.6. The molecule has 0 radical (unpaired) electrons. The molecule has 4 atom stereocenters. The zero-order chi connectivity index (χ0) is 17.1. The molecule has 1 aliphatic rings. The van der Waals surface area contributed by atoms with Gasteiger partial charge in [-0.15, -0.1) is 0 Å². The molecule has 10 nitrogen and oxygen atoms in total. The lowest BCUT2D eigenvalue weighted by Crippen LogP contribution is -2.40. The average Bonchev–Trinajstić information content (AvgIpc) is 2.85. The van der Waals surface area contributed by atoms with Gasteiger partial charge in [0.05, 0.1) is 20.1 Å². The molecule has 10 heteroatoms. The summed E-state index contributed by atoms with van der Waals surface area (Å²) >= 11 is 0. The van der Waals surface area contributed by atoms with Gasteiger partial charge in [0.2, 0.25) is 0 Å². The van der Waals surface area contributed by atoms with E-state index in [1.165, 1.54) is 14.2 Å². The summed E-state index contributed by atoms with van der Waals surface area (Å²) in [5.41, 5.74) is -1.51. The van der Waals surface area contributed by atoms with Crippen molar-refractivity contribution in [2.24, 2.45) is 0 Å². The highest BCUT2D eigenvalue weighted by Gasteiger charge is 2.45. The van der Waals surface area contributed by atoms with E-state index in [9.17, 15) is 24.6 Å². The SMILES string of the molecule is COC(=O)Cc1cn([C@@H]2O[C@H](CO)[C@H](O)[C@H]2OC)c(=O)[nH]c1=O. The van der Waals surface area contributed by atoms with Crippen molar-refractivity contribution < 1.29 is 29.2 Å². The summed E-state index contributed by atoms with van der Waals surface area (Å²) in [7, 11) is 2.49. The van der Waals surface area contributed by atoms with Crippen LogP contribution in [0.25, 0.3) is 0 Å². The molecule has 0 spiro atoms. The number of aromatic nitrogens is 2. The third-order valence-electron chi connectivity index (χ3n) is 3.64. The summed E-state index contributed by atoms with van der Waals surface area (Å²) in [4.78, 5) is 37.2. The Labute approximate surface area is 130 Å². The van der Waals surface area contributed by atoms with Gasteiger partial charge in [0.15, 0.2) is 6.23 Å². The second-order valence-electron chi connectivity index (χ2n) is 5.01. The van der Waals surface area contributed by atoms with E-state index in [4.69, 9.17) is 9.47 Å². The van der Waals surface area contributed by atoms with Crippen molar-refractivity contribution in [1.82, 2.24) is 9.55 Å². The Morgan fingerprint density at radius 3 is 2.70 bits per heavy atom. The van der Waals surface area contributed by atoms with Crippen LogP contribution in [-0.4, -0.2) is 64.9 Å². The van der Waals surface area contributed by atoms with Crippen LogP contribution in [0.1, 0.15) is 11.8 Å². The molecule has 2 rings (SSSR count). The van der Waals surface area contributed by atoms with Gasteiger partial charge in [-0.1, -0.05) is 0 Å². The third-order valence-corrected chi connectivity index (χ3v) is 3.64. The molecule has 1 aromatic rings. The smallest absolute Gasteiger partial charge is 0.330 e. The van der Waals surface area contributed by atoms with Crippen molar-refractivity contribution in [3.05, 3.63) is 32.6 Å². The van der Waals surface area contributed by atoms with E-state index >= 15 is 0 Å². The summed E-state index contributed by atoms with van der Waals surface area (Å²) in [6.45, 7) is -0.468. The number of aliphatic hydroxyl groups is 2. The number of rotatable bonds is 5. The van der Waals surface area contributed by atoms with Gasteiger partial charge in [0.25, 0.3) is 5.56 Å². The van der Waals surface area contributed by atoms with Crippen LogP contribution in [0.2, 0.25) is 0 Å². The molecular weight excluding hydrogens is 312 g/mol. The molecule has 0 unspecified atom stereocenters. The molecule has 0 bridgehead atoms. The van der Waals surface area contributed by atoms with Crippen LogP contribution >= 0.6 is 0 Å². The molecule has 0 amide bonds. The lowest BCUT2D eigenvalue weighted by Gasteiger charge is -2.20. The van der Waals surface area contributed by atoms with Crippen molar-refractivity contribution in [3.8, 4) is 0 Å². The zero-order valence-corrected chi connectivity index (χ0v) is 12.6. The maximum absolute atomic E-state index is 12.0. The summed E-state index contributed by atoms with van der Waals surface area (Å²) < 4.78 is 16.0. The Morgan fingerprint density at radius 1 is 1.43 bits per heavy atom. The number of H-pyrrole nitrogens is 1. The van der Waals surface area contributed by atoms with E-state index in [2.05, 4.69) is 9.72 Å². The van der Waals surface area contributed by atoms with E-state index in [0.29, 0.717) is 0 Å². The van der Waals surface area contributed by atoms with Crippen LogP contribution < -0.4 is 11.2 Å². The number of hydrogen-bond donors (Lipinski definition) is 3. The van der Waals surface area contributed by atoms with Crippen molar-refractivity contribution in [2.45, 2.75) is 31.0 Å². The van der Waals surface area contributed by atoms with Crippen LogP contribution in [0.5, 0.6) is 0 Å². The number of methoxy groups -OCH3 is 2. The van der Waals surface area contributed by atoms with Gasteiger partial charge < -0.3 is 24.4 Å². The first-order valence-corrected chi connectivity index (χ1v) is 6.81. The molecular formula is C13H18N2O8. The van der Waals surface area contributed by atoms with Crippen molar-refractivity contribution in [3.63, 3.8) is 0 Å². The fraction of sp³-hybridized carbons (Fsp3) is 0.615. The van der Waals surface area contributed by atoms with Crippen molar-refractivity contribution >= 4 is 5.97 Å². The largest absolute Gasteiger partial charge is 0.469 e. The van der Waals surface area contributed by atoms with Gasteiger partial charge in [-0.2, -0.15) is 0 Å².